The number of anilines is 1. The van der Waals surface area contributed by atoms with Gasteiger partial charge in [-0.05, 0) is 60.0 Å². The van der Waals surface area contributed by atoms with Gasteiger partial charge in [0.2, 0.25) is 0 Å². The lowest BCUT2D eigenvalue weighted by molar-refractivity contribution is -0.110. The Morgan fingerprint density at radius 2 is 1.97 bits per heavy atom. The molecule has 1 aliphatic rings. The van der Waals surface area contributed by atoms with Crippen LogP contribution in [0.5, 0.6) is 5.75 Å². The molecule has 0 aliphatic carbocycles. The molecule has 10 heteroatoms. The molecular weight excluding hydrogens is 458 g/mol. The van der Waals surface area contributed by atoms with E-state index in [1.165, 1.54) is 11.1 Å². The van der Waals surface area contributed by atoms with E-state index in [1.54, 1.807) is 7.11 Å². The number of aromatic amines is 1. The summed E-state index contributed by atoms with van der Waals surface area (Å²) in [7, 11) is 1.63. The maximum Gasteiger partial charge on any atom is 0.256 e. The van der Waals surface area contributed by atoms with Gasteiger partial charge in [0.05, 0.1) is 24.8 Å². The van der Waals surface area contributed by atoms with Gasteiger partial charge < -0.3 is 20.4 Å². The van der Waals surface area contributed by atoms with Gasteiger partial charge in [-0.15, -0.1) is 10.2 Å². The van der Waals surface area contributed by atoms with Crippen LogP contribution in [0.2, 0.25) is 0 Å². The molecule has 0 saturated heterocycles. The molecule has 0 unspecified atom stereocenters. The van der Waals surface area contributed by atoms with Crippen LogP contribution >= 0.6 is 0 Å². The fraction of sp³-hybridized carbons (Fsp3) is 0.192. The highest BCUT2D eigenvalue weighted by Crippen LogP contribution is 2.41. The molecule has 2 aromatic carbocycles. The number of benzene rings is 2. The van der Waals surface area contributed by atoms with E-state index >= 15 is 0 Å². The van der Waals surface area contributed by atoms with Crippen LogP contribution in [0.15, 0.2) is 48.8 Å². The number of fused-ring (bicyclic) bond motifs is 1. The molecule has 0 radical (unpaired) electrons. The summed E-state index contributed by atoms with van der Waals surface area (Å²) in [5.74, 6) is 0.363. The Labute approximate surface area is 207 Å². The second-order valence-electron chi connectivity index (χ2n) is 8.42. The van der Waals surface area contributed by atoms with E-state index < -0.39 is 0 Å². The number of ether oxygens (including phenoxy) is 1. The monoisotopic (exact) mass is 483 g/mol. The van der Waals surface area contributed by atoms with Crippen LogP contribution in [0, 0.1) is 13.8 Å². The number of H-pyrrole nitrogens is 1. The molecule has 182 valence electrons. The van der Waals surface area contributed by atoms with Gasteiger partial charge in [0, 0.05) is 29.2 Å². The number of aryl methyl sites for hydroxylation is 1. The Morgan fingerprint density at radius 1 is 1.17 bits per heavy atom. The van der Waals surface area contributed by atoms with Crippen molar-refractivity contribution in [2.24, 2.45) is 0 Å². The molecule has 36 heavy (non-hydrogen) atoms. The normalized spacial score (nSPS) is 13.5. The van der Waals surface area contributed by atoms with Crippen molar-refractivity contribution in [2.75, 3.05) is 19.0 Å². The number of nitrogens with one attached hydrogen (secondary N) is 3. The number of tetrazole rings is 1. The van der Waals surface area contributed by atoms with Gasteiger partial charge in [0.15, 0.2) is 6.33 Å². The summed E-state index contributed by atoms with van der Waals surface area (Å²) < 4.78 is 5.28. The van der Waals surface area contributed by atoms with Crippen molar-refractivity contribution in [3.63, 3.8) is 0 Å². The Kier molecular flexibility index (Phi) is 6.07. The predicted octanol–water partition coefficient (Wildman–Crippen LogP) is 3.22. The van der Waals surface area contributed by atoms with Crippen molar-refractivity contribution in [2.45, 2.75) is 20.4 Å². The van der Waals surface area contributed by atoms with Crippen molar-refractivity contribution in [1.82, 2.24) is 30.5 Å². The SMILES string of the molecule is COc1ccc(-c2cccc3c2/C(=C/c2[nH]c(C)c(C(=O)NCCn4ncnn4)c2C)C(=O)N3)cc1. The third-order valence-electron chi connectivity index (χ3n) is 6.21. The summed E-state index contributed by atoms with van der Waals surface area (Å²) in [5.41, 5.74) is 6.75. The van der Waals surface area contributed by atoms with Crippen LogP contribution < -0.4 is 15.4 Å². The average Bonchev–Trinajstić information content (AvgIpc) is 3.58. The third-order valence-corrected chi connectivity index (χ3v) is 6.21. The summed E-state index contributed by atoms with van der Waals surface area (Å²) in [6.45, 7) is 4.48. The minimum atomic E-state index is -0.207. The van der Waals surface area contributed by atoms with E-state index in [0.29, 0.717) is 29.9 Å². The zero-order chi connectivity index (χ0) is 25.2. The maximum absolute atomic E-state index is 13.0. The average molecular weight is 484 g/mol. The predicted molar refractivity (Wildman–Crippen MR) is 135 cm³/mol. The van der Waals surface area contributed by atoms with Crippen LogP contribution in [0.25, 0.3) is 22.8 Å². The Morgan fingerprint density at radius 3 is 2.69 bits per heavy atom. The number of rotatable bonds is 7. The number of carbonyl (C=O) groups excluding carboxylic acids is 2. The third kappa shape index (κ3) is 4.24. The van der Waals surface area contributed by atoms with Gasteiger partial charge in [-0.25, -0.2) is 0 Å². The lowest BCUT2D eigenvalue weighted by Crippen LogP contribution is -2.28. The first-order chi connectivity index (χ1) is 17.5. The van der Waals surface area contributed by atoms with Crippen molar-refractivity contribution >= 4 is 29.2 Å². The van der Waals surface area contributed by atoms with Crippen molar-refractivity contribution < 1.29 is 14.3 Å². The van der Waals surface area contributed by atoms with Gasteiger partial charge in [-0.1, -0.05) is 24.3 Å². The first-order valence-corrected chi connectivity index (χ1v) is 11.4. The number of nitrogens with zero attached hydrogens (tertiary/aromatic N) is 4. The van der Waals surface area contributed by atoms with E-state index in [2.05, 4.69) is 31.0 Å². The molecule has 0 saturated carbocycles. The number of amides is 2. The fourth-order valence-corrected chi connectivity index (χ4v) is 4.45. The molecular formula is C26H25N7O3. The van der Waals surface area contributed by atoms with Gasteiger partial charge in [-0.3, -0.25) is 9.59 Å². The molecule has 1 aliphatic heterocycles. The van der Waals surface area contributed by atoms with Gasteiger partial charge >= 0.3 is 0 Å². The van der Waals surface area contributed by atoms with Gasteiger partial charge in [0.25, 0.3) is 11.8 Å². The van der Waals surface area contributed by atoms with E-state index in [-0.39, 0.29) is 11.8 Å². The largest absolute Gasteiger partial charge is 0.497 e. The first-order valence-electron chi connectivity index (χ1n) is 11.4. The highest BCUT2D eigenvalue weighted by molar-refractivity contribution is 6.36. The molecule has 0 fully saturated rings. The van der Waals surface area contributed by atoms with Crippen LogP contribution in [0.4, 0.5) is 5.69 Å². The molecule has 0 bridgehead atoms. The number of hydrogen-bond acceptors (Lipinski definition) is 6. The van der Waals surface area contributed by atoms with Crippen molar-refractivity contribution in [3.05, 3.63) is 76.9 Å². The summed E-state index contributed by atoms with van der Waals surface area (Å²) in [6.07, 6.45) is 3.16. The summed E-state index contributed by atoms with van der Waals surface area (Å²) in [4.78, 5) is 30.6. The zero-order valence-corrected chi connectivity index (χ0v) is 20.1. The molecule has 0 atom stereocenters. The summed E-state index contributed by atoms with van der Waals surface area (Å²) >= 11 is 0. The van der Waals surface area contributed by atoms with Gasteiger partial charge in [0.1, 0.15) is 5.75 Å². The molecule has 2 amide bonds. The molecule has 2 aromatic heterocycles. The van der Waals surface area contributed by atoms with Crippen molar-refractivity contribution in [3.8, 4) is 16.9 Å². The topological polar surface area (TPSA) is 127 Å². The molecule has 3 heterocycles. The number of methoxy groups -OCH3 is 1. The van der Waals surface area contributed by atoms with Crippen LogP contribution in [-0.4, -0.2) is 50.7 Å². The smallest absolute Gasteiger partial charge is 0.256 e. The van der Waals surface area contributed by atoms with Crippen molar-refractivity contribution in [1.29, 1.82) is 0 Å². The maximum atomic E-state index is 13.0. The summed E-state index contributed by atoms with van der Waals surface area (Å²) in [6, 6.07) is 13.5. The standard InChI is InChI=1S/C26H25N7O3/c1-15-22(30-16(2)23(15)26(35)27-11-12-33-29-14-28-32-33)13-20-24-19(5-4-6-21(24)31-25(20)34)17-7-9-18(36-3)10-8-17/h4-10,13-14,30H,11-12H2,1-3H3,(H,27,35)(H,31,34)/b20-13-. The highest BCUT2D eigenvalue weighted by atomic mass is 16.5. The van der Waals surface area contributed by atoms with Crippen LogP contribution in [-0.2, 0) is 11.3 Å². The minimum absolute atomic E-state index is 0.191. The number of carbonyl (C=O) groups is 2. The van der Waals surface area contributed by atoms with E-state index in [4.69, 9.17) is 4.74 Å². The first kappa shape index (κ1) is 23.0. The Bertz CT molecular complexity index is 1470. The van der Waals surface area contributed by atoms with Crippen LogP contribution in [0.1, 0.15) is 32.9 Å². The summed E-state index contributed by atoms with van der Waals surface area (Å²) in [5, 5.41) is 17.2. The molecule has 3 N–H and O–H groups in total. The second-order valence-corrected chi connectivity index (χ2v) is 8.42. The molecule has 4 aromatic rings. The van der Waals surface area contributed by atoms with E-state index in [1.807, 2.05) is 62.4 Å². The van der Waals surface area contributed by atoms with E-state index in [9.17, 15) is 9.59 Å². The highest BCUT2D eigenvalue weighted by Gasteiger charge is 2.28. The fourth-order valence-electron chi connectivity index (χ4n) is 4.45. The Balaban J connectivity index is 1.46. The lowest BCUT2D eigenvalue weighted by Gasteiger charge is -2.09. The number of aromatic nitrogens is 5. The number of hydrogen-bond donors (Lipinski definition) is 3. The molecule has 5 rings (SSSR count). The second kappa shape index (κ2) is 9.49. The lowest BCUT2D eigenvalue weighted by atomic mass is 9.94. The molecule has 10 nitrogen and oxygen atoms in total. The Hall–Kier alpha value is -4.73. The quantitative estimate of drug-likeness (QED) is 0.347. The minimum Gasteiger partial charge on any atom is -0.497 e. The van der Waals surface area contributed by atoms with Crippen LogP contribution in [0.3, 0.4) is 0 Å². The van der Waals surface area contributed by atoms with E-state index in [0.717, 1.165) is 39.4 Å². The van der Waals surface area contributed by atoms with Gasteiger partial charge in [-0.2, -0.15) is 4.80 Å². The molecule has 0 spiro atoms. The zero-order valence-electron chi connectivity index (χ0n) is 20.1.